The van der Waals surface area contributed by atoms with Crippen LogP contribution in [0.5, 0.6) is 0 Å². The molecule has 1 aliphatic rings. The van der Waals surface area contributed by atoms with Gasteiger partial charge in [0.1, 0.15) is 0 Å². The SMILES string of the molecule is C=C(C)[C@H]1CC[C@H](C)O[C@@H]1CC(C)C. The van der Waals surface area contributed by atoms with Gasteiger partial charge in [-0.3, -0.25) is 0 Å². The van der Waals surface area contributed by atoms with E-state index in [1.807, 2.05) is 0 Å². The summed E-state index contributed by atoms with van der Waals surface area (Å²) >= 11 is 0. The molecule has 0 saturated carbocycles. The van der Waals surface area contributed by atoms with E-state index in [1.54, 1.807) is 0 Å². The first-order valence-corrected chi connectivity index (χ1v) is 5.81. The van der Waals surface area contributed by atoms with Crippen molar-refractivity contribution in [3.63, 3.8) is 0 Å². The Hall–Kier alpha value is -0.300. The van der Waals surface area contributed by atoms with Gasteiger partial charge in [0.05, 0.1) is 12.2 Å². The van der Waals surface area contributed by atoms with Crippen molar-refractivity contribution in [3.05, 3.63) is 12.2 Å². The molecule has 3 atom stereocenters. The number of rotatable bonds is 3. The van der Waals surface area contributed by atoms with E-state index in [4.69, 9.17) is 4.74 Å². The summed E-state index contributed by atoms with van der Waals surface area (Å²) in [5.41, 5.74) is 1.29. The van der Waals surface area contributed by atoms with Crippen LogP contribution in [0.4, 0.5) is 0 Å². The number of hydrogen-bond donors (Lipinski definition) is 0. The summed E-state index contributed by atoms with van der Waals surface area (Å²) in [5.74, 6) is 1.31. The smallest absolute Gasteiger partial charge is 0.0646 e. The first-order valence-electron chi connectivity index (χ1n) is 5.81. The molecule has 0 amide bonds. The lowest BCUT2D eigenvalue weighted by atomic mass is 9.83. The molecular weight excluding hydrogens is 172 g/mol. The van der Waals surface area contributed by atoms with Crippen LogP contribution < -0.4 is 0 Å². The highest BCUT2D eigenvalue weighted by Crippen LogP contribution is 2.32. The lowest BCUT2D eigenvalue weighted by Crippen LogP contribution is -2.35. The maximum atomic E-state index is 6.01. The monoisotopic (exact) mass is 196 g/mol. The maximum Gasteiger partial charge on any atom is 0.0646 e. The first kappa shape index (κ1) is 11.8. The Morgan fingerprint density at radius 1 is 1.43 bits per heavy atom. The van der Waals surface area contributed by atoms with Crippen molar-refractivity contribution in [1.82, 2.24) is 0 Å². The molecule has 1 saturated heterocycles. The predicted octanol–water partition coefficient (Wildman–Crippen LogP) is 3.79. The van der Waals surface area contributed by atoms with Gasteiger partial charge in [0.15, 0.2) is 0 Å². The van der Waals surface area contributed by atoms with Gasteiger partial charge in [-0.05, 0) is 39.0 Å². The molecule has 0 aliphatic carbocycles. The second kappa shape index (κ2) is 4.97. The standard InChI is InChI=1S/C13H24O/c1-9(2)8-13-12(10(3)4)7-6-11(5)14-13/h9,11-13H,3,6-8H2,1-2,4-5H3/t11-,12+,13+/m0/s1. The van der Waals surface area contributed by atoms with Crippen LogP contribution in [0, 0.1) is 11.8 Å². The molecule has 14 heavy (non-hydrogen) atoms. The number of ether oxygens (including phenoxy) is 1. The lowest BCUT2D eigenvalue weighted by molar-refractivity contribution is -0.0732. The van der Waals surface area contributed by atoms with Crippen LogP contribution >= 0.6 is 0 Å². The minimum Gasteiger partial charge on any atom is -0.375 e. The van der Waals surface area contributed by atoms with Crippen molar-refractivity contribution in [2.75, 3.05) is 0 Å². The van der Waals surface area contributed by atoms with Crippen LogP contribution in [0.1, 0.15) is 47.0 Å². The molecule has 1 heteroatoms. The van der Waals surface area contributed by atoms with Crippen molar-refractivity contribution >= 4 is 0 Å². The van der Waals surface area contributed by atoms with Gasteiger partial charge >= 0.3 is 0 Å². The normalized spacial score (nSPS) is 33.4. The van der Waals surface area contributed by atoms with Crippen LogP contribution in [0.2, 0.25) is 0 Å². The van der Waals surface area contributed by atoms with E-state index in [1.165, 1.54) is 24.8 Å². The zero-order valence-electron chi connectivity index (χ0n) is 10.0. The van der Waals surface area contributed by atoms with Crippen molar-refractivity contribution in [1.29, 1.82) is 0 Å². The van der Waals surface area contributed by atoms with Crippen LogP contribution in [0.25, 0.3) is 0 Å². The molecule has 0 radical (unpaired) electrons. The molecule has 0 aromatic rings. The molecule has 1 rings (SSSR count). The van der Waals surface area contributed by atoms with Crippen LogP contribution in [-0.2, 0) is 4.74 Å². The molecule has 0 N–H and O–H groups in total. The average Bonchev–Trinajstić information content (AvgIpc) is 2.01. The molecule has 0 aromatic heterocycles. The zero-order valence-corrected chi connectivity index (χ0v) is 10.0. The maximum absolute atomic E-state index is 6.01. The Balaban J connectivity index is 2.59. The highest BCUT2D eigenvalue weighted by molar-refractivity contribution is 5.01. The summed E-state index contributed by atoms with van der Waals surface area (Å²) in [7, 11) is 0. The molecule has 0 bridgehead atoms. The molecule has 1 nitrogen and oxygen atoms in total. The Morgan fingerprint density at radius 2 is 2.07 bits per heavy atom. The van der Waals surface area contributed by atoms with Gasteiger partial charge in [-0.1, -0.05) is 26.0 Å². The third-order valence-corrected chi connectivity index (χ3v) is 3.08. The summed E-state index contributed by atoms with van der Waals surface area (Å²) in [6, 6.07) is 0. The van der Waals surface area contributed by atoms with Gasteiger partial charge in [0.25, 0.3) is 0 Å². The van der Waals surface area contributed by atoms with Gasteiger partial charge < -0.3 is 4.74 Å². The zero-order chi connectivity index (χ0) is 10.7. The second-order valence-electron chi connectivity index (χ2n) is 5.14. The molecule has 1 fully saturated rings. The largest absolute Gasteiger partial charge is 0.375 e. The Kier molecular flexibility index (Phi) is 4.18. The highest BCUT2D eigenvalue weighted by Gasteiger charge is 2.29. The molecular formula is C13H24O. The highest BCUT2D eigenvalue weighted by atomic mass is 16.5. The minimum atomic E-state index is 0.413. The van der Waals surface area contributed by atoms with Crippen LogP contribution in [0.15, 0.2) is 12.2 Å². The van der Waals surface area contributed by atoms with E-state index in [2.05, 4.69) is 34.3 Å². The Bertz CT molecular complexity index is 193. The Labute approximate surface area is 88.5 Å². The van der Waals surface area contributed by atoms with Crippen molar-refractivity contribution in [2.45, 2.75) is 59.2 Å². The van der Waals surface area contributed by atoms with Crippen molar-refractivity contribution < 1.29 is 4.74 Å². The molecule has 0 unspecified atom stereocenters. The third kappa shape index (κ3) is 3.13. The fourth-order valence-corrected chi connectivity index (χ4v) is 2.31. The van der Waals surface area contributed by atoms with E-state index in [0.717, 1.165) is 0 Å². The lowest BCUT2D eigenvalue weighted by Gasteiger charge is -2.36. The van der Waals surface area contributed by atoms with Crippen molar-refractivity contribution in [2.24, 2.45) is 11.8 Å². The minimum absolute atomic E-state index is 0.413. The number of hydrogen-bond acceptors (Lipinski definition) is 1. The Morgan fingerprint density at radius 3 is 2.57 bits per heavy atom. The van der Waals surface area contributed by atoms with Gasteiger partial charge in [-0.15, -0.1) is 0 Å². The molecule has 0 spiro atoms. The van der Waals surface area contributed by atoms with E-state index in [9.17, 15) is 0 Å². The van der Waals surface area contributed by atoms with E-state index in [0.29, 0.717) is 24.0 Å². The third-order valence-electron chi connectivity index (χ3n) is 3.08. The summed E-state index contributed by atoms with van der Waals surface area (Å²) in [6.07, 6.45) is 4.47. The van der Waals surface area contributed by atoms with E-state index < -0.39 is 0 Å². The van der Waals surface area contributed by atoms with Crippen LogP contribution in [0.3, 0.4) is 0 Å². The van der Waals surface area contributed by atoms with Gasteiger partial charge in [0, 0.05) is 5.92 Å². The summed E-state index contributed by atoms with van der Waals surface area (Å²) in [4.78, 5) is 0. The fourth-order valence-electron chi connectivity index (χ4n) is 2.31. The molecule has 82 valence electrons. The molecule has 0 aromatic carbocycles. The van der Waals surface area contributed by atoms with Gasteiger partial charge in [-0.2, -0.15) is 0 Å². The molecule has 1 aliphatic heterocycles. The summed E-state index contributed by atoms with van der Waals surface area (Å²) in [6.45, 7) is 12.9. The predicted molar refractivity (Wildman–Crippen MR) is 61.3 cm³/mol. The van der Waals surface area contributed by atoms with Gasteiger partial charge in [-0.25, -0.2) is 0 Å². The van der Waals surface area contributed by atoms with Crippen molar-refractivity contribution in [3.8, 4) is 0 Å². The fraction of sp³-hybridized carbons (Fsp3) is 0.846. The first-order chi connectivity index (χ1) is 6.50. The van der Waals surface area contributed by atoms with Crippen LogP contribution in [-0.4, -0.2) is 12.2 Å². The van der Waals surface area contributed by atoms with E-state index >= 15 is 0 Å². The topological polar surface area (TPSA) is 9.23 Å². The quantitative estimate of drug-likeness (QED) is 0.624. The second-order valence-corrected chi connectivity index (χ2v) is 5.14. The summed E-state index contributed by atoms with van der Waals surface area (Å²) in [5, 5.41) is 0. The molecule has 1 heterocycles. The van der Waals surface area contributed by atoms with Gasteiger partial charge in [0.2, 0.25) is 0 Å². The summed E-state index contributed by atoms with van der Waals surface area (Å²) < 4.78 is 6.01. The average molecular weight is 196 g/mol. The van der Waals surface area contributed by atoms with E-state index in [-0.39, 0.29) is 0 Å².